The Bertz CT molecular complexity index is 679. The lowest BCUT2D eigenvalue weighted by molar-refractivity contribution is -0.141. The zero-order valence-corrected chi connectivity index (χ0v) is 16.5. The van der Waals surface area contributed by atoms with Gasteiger partial charge in [0.25, 0.3) is 0 Å². The first-order valence-electron chi connectivity index (χ1n) is 8.65. The van der Waals surface area contributed by atoms with E-state index in [1.807, 2.05) is 30.3 Å². The number of carbonyl (C=O) groups excluding carboxylic acids is 1. The molecule has 0 radical (unpaired) electrons. The SMILES string of the molecule is COC(=O)CCCOCCCOc1ccc(Br)c(Cc2ccccc2)n1. The minimum Gasteiger partial charge on any atom is -0.478 e. The van der Waals surface area contributed by atoms with Crippen LogP contribution in [0.4, 0.5) is 0 Å². The summed E-state index contributed by atoms with van der Waals surface area (Å²) < 4.78 is 16.7. The molecular formula is C20H24BrNO4. The third-order valence-corrected chi connectivity index (χ3v) is 4.41. The van der Waals surface area contributed by atoms with Crippen molar-refractivity contribution in [2.75, 3.05) is 26.9 Å². The average Bonchev–Trinajstić information content (AvgIpc) is 2.67. The van der Waals surface area contributed by atoms with E-state index in [0.717, 1.165) is 23.0 Å². The second-order valence-corrected chi connectivity index (χ2v) is 6.59. The smallest absolute Gasteiger partial charge is 0.305 e. The lowest BCUT2D eigenvalue weighted by Crippen LogP contribution is -2.07. The van der Waals surface area contributed by atoms with Crippen LogP contribution in [0.25, 0.3) is 0 Å². The van der Waals surface area contributed by atoms with E-state index in [2.05, 4.69) is 37.8 Å². The van der Waals surface area contributed by atoms with E-state index in [1.165, 1.54) is 12.7 Å². The molecule has 1 heterocycles. The molecule has 0 spiro atoms. The summed E-state index contributed by atoms with van der Waals surface area (Å²) in [5, 5.41) is 0. The molecule has 0 aliphatic heterocycles. The molecule has 0 amide bonds. The zero-order chi connectivity index (χ0) is 18.6. The number of benzene rings is 1. The monoisotopic (exact) mass is 421 g/mol. The fourth-order valence-electron chi connectivity index (χ4n) is 2.32. The molecule has 0 saturated heterocycles. The Kier molecular flexibility index (Phi) is 9.14. The molecule has 0 saturated carbocycles. The van der Waals surface area contributed by atoms with Crippen LogP contribution in [0, 0.1) is 0 Å². The number of carbonyl (C=O) groups is 1. The first-order valence-corrected chi connectivity index (χ1v) is 9.45. The van der Waals surface area contributed by atoms with E-state index in [4.69, 9.17) is 9.47 Å². The van der Waals surface area contributed by atoms with Crippen LogP contribution in [0.2, 0.25) is 0 Å². The zero-order valence-electron chi connectivity index (χ0n) is 14.9. The van der Waals surface area contributed by atoms with Crippen molar-refractivity contribution in [3.05, 3.63) is 58.2 Å². The molecular weight excluding hydrogens is 398 g/mol. The van der Waals surface area contributed by atoms with Gasteiger partial charge in [-0.05, 0) is 34.0 Å². The van der Waals surface area contributed by atoms with Crippen molar-refractivity contribution in [1.29, 1.82) is 0 Å². The average molecular weight is 422 g/mol. The molecule has 2 rings (SSSR count). The fourth-order valence-corrected chi connectivity index (χ4v) is 2.68. The van der Waals surface area contributed by atoms with Crippen molar-refractivity contribution < 1.29 is 19.0 Å². The van der Waals surface area contributed by atoms with Gasteiger partial charge in [0.1, 0.15) is 0 Å². The second-order valence-electron chi connectivity index (χ2n) is 5.73. The van der Waals surface area contributed by atoms with E-state index in [9.17, 15) is 4.79 Å². The van der Waals surface area contributed by atoms with Gasteiger partial charge in [-0.3, -0.25) is 4.79 Å². The predicted molar refractivity (Wildman–Crippen MR) is 103 cm³/mol. The van der Waals surface area contributed by atoms with Gasteiger partial charge >= 0.3 is 5.97 Å². The van der Waals surface area contributed by atoms with Crippen molar-refractivity contribution in [3.63, 3.8) is 0 Å². The summed E-state index contributed by atoms with van der Waals surface area (Å²) in [5.74, 6) is 0.411. The van der Waals surface area contributed by atoms with Gasteiger partial charge in [-0.1, -0.05) is 30.3 Å². The van der Waals surface area contributed by atoms with Crippen molar-refractivity contribution in [2.45, 2.75) is 25.7 Å². The summed E-state index contributed by atoms with van der Waals surface area (Å²) in [6.45, 7) is 1.68. The van der Waals surface area contributed by atoms with E-state index >= 15 is 0 Å². The van der Waals surface area contributed by atoms with Crippen LogP contribution in [0.3, 0.4) is 0 Å². The van der Waals surface area contributed by atoms with Crippen LogP contribution in [0.15, 0.2) is 46.9 Å². The number of nitrogens with zero attached hydrogens (tertiary/aromatic N) is 1. The molecule has 2 aromatic rings. The normalized spacial score (nSPS) is 10.5. The molecule has 1 aromatic carbocycles. The molecule has 26 heavy (non-hydrogen) atoms. The highest BCUT2D eigenvalue weighted by atomic mass is 79.9. The minimum absolute atomic E-state index is 0.204. The number of rotatable bonds is 11. The Morgan fingerprint density at radius 1 is 1.04 bits per heavy atom. The summed E-state index contributed by atoms with van der Waals surface area (Å²) in [4.78, 5) is 15.5. The van der Waals surface area contributed by atoms with Crippen LogP contribution < -0.4 is 4.74 Å². The van der Waals surface area contributed by atoms with Gasteiger partial charge in [-0.15, -0.1) is 0 Å². The highest BCUT2D eigenvalue weighted by Crippen LogP contribution is 2.21. The molecule has 0 atom stereocenters. The van der Waals surface area contributed by atoms with Gasteiger partial charge in [0, 0.05) is 43.0 Å². The lowest BCUT2D eigenvalue weighted by Gasteiger charge is -2.09. The molecule has 0 N–H and O–H groups in total. The topological polar surface area (TPSA) is 57.7 Å². The molecule has 0 aliphatic rings. The van der Waals surface area contributed by atoms with Crippen LogP contribution in [-0.2, 0) is 20.7 Å². The quantitative estimate of drug-likeness (QED) is 0.402. The number of pyridine rings is 1. The van der Waals surface area contributed by atoms with Crippen LogP contribution in [0.1, 0.15) is 30.5 Å². The maximum absolute atomic E-state index is 11.0. The van der Waals surface area contributed by atoms with Crippen LogP contribution >= 0.6 is 15.9 Å². The maximum Gasteiger partial charge on any atom is 0.305 e. The Morgan fingerprint density at radius 2 is 1.81 bits per heavy atom. The molecule has 6 heteroatoms. The third kappa shape index (κ3) is 7.54. The fraction of sp³-hybridized carbons (Fsp3) is 0.400. The second kappa shape index (κ2) is 11.6. The van der Waals surface area contributed by atoms with Crippen LogP contribution in [-0.4, -0.2) is 37.9 Å². The van der Waals surface area contributed by atoms with Gasteiger partial charge in [-0.25, -0.2) is 4.98 Å². The molecule has 0 bridgehead atoms. The Hall–Kier alpha value is -1.92. The summed E-state index contributed by atoms with van der Waals surface area (Å²) in [7, 11) is 1.39. The number of hydrogen-bond acceptors (Lipinski definition) is 5. The third-order valence-electron chi connectivity index (χ3n) is 3.69. The lowest BCUT2D eigenvalue weighted by atomic mass is 10.1. The maximum atomic E-state index is 11.0. The van der Waals surface area contributed by atoms with Gasteiger partial charge in [-0.2, -0.15) is 0 Å². The number of aromatic nitrogens is 1. The highest BCUT2D eigenvalue weighted by molar-refractivity contribution is 9.10. The first kappa shape index (κ1) is 20.4. The highest BCUT2D eigenvalue weighted by Gasteiger charge is 2.06. The molecule has 1 aromatic heterocycles. The Labute approximate surface area is 162 Å². The number of methoxy groups -OCH3 is 1. The van der Waals surface area contributed by atoms with Crippen molar-refractivity contribution in [2.24, 2.45) is 0 Å². The van der Waals surface area contributed by atoms with Gasteiger partial charge in [0.05, 0.1) is 19.4 Å². The van der Waals surface area contributed by atoms with Crippen LogP contribution in [0.5, 0.6) is 5.88 Å². The summed E-state index contributed by atoms with van der Waals surface area (Å²) in [5.41, 5.74) is 2.16. The number of ether oxygens (including phenoxy) is 3. The van der Waals surface area contributed by atoms with Gasteiger partial charge in [0.15, 0.2) is 0 Å². The van der Waals surface area contributed by atoms with E-state index in [1.54, 1.807) is 0 Å². The molecule has 0 fully saturated rings. The minimum atomic E-state index is -0.204. The summed E-state index contributed by atoms with van der Waals surface area (Å²) in [6, 6.07) is 14.0. The molecule has 0 unspecified atom stereocenters. The van der Waals surface area contributed by atoms with E-state index in [-0.39, 0.29) is 5.97 Å². The van der Waals surface area contributed by atoms with E-state index < -0.39 is 0 Å². The van der Waals surface area contributed by atoms with Crippen molar-refractivity contribution >= 4 is 21.9 Å². The number of esters is 1. The molecule has 140 valence electrons. The number of hydrogen-bond donors (Lipinski definition) is 0. The Morgan fingerprint density at radius 3 is 2.58 bits per heavy atom. The Balaban J connectivity index is 1.68. The largest absolute Gasteiger partial charge is 0.478 e. The van der Waals surface area contributed by atoms with Crippen molar-refractivity contribution in [1.82, 2.24) is 4.98 Å². The van der Waals surface area contributed by atoms with Gasteiger partial charge < -0.3 is 14.2 Å². The molecule has 5 nitrogen and oxygen atoms in total. The summed E-state index contributed by atoms with van der Waals surface area (Å²) in [6.07, 6.45) is 2.58. The first-order chi connectivity index (χ1) is 12.7. The van der Waals surface area contributed by atoms with E-state index in [0.29, 0.717) is 38.5 Å². The predicted octanol–water partition coefficient (Wildman–Crippen LogP) is 4.17. The summed E-state index contributed by atoms with van der Waals surface area (Å²) >= 11 is 3.55. The number of halogens is 1. The standard InChI is InChI=1S/C20H24BrNO4/c1-24-20(23)9-5-12-25-13-6-14-26-19-11-10-17(21)18(22-19)15-16-7-3-2-4-8-16/h2-4,7-8,10-11H,5-6,9,12-15H2,1H3. The van der Waals surface area contributed by atoms with Gasteiger partial charge in [0.2, 0.25) is 5.88 Å². The molecule has 0 aliphatic carbocycles. The van der Waals surface area contributed by atoms with Crippen molar-refractivity contribution in [3.8, 4) is 5.88 Å².